The molecule has 0 unspecified atom stereocenters. The summed E-state index contributed by atoms with van der Waals surface area (Å²) in [7, 11) is 0. The molecule has 0 bridgehead atoms. The van der Waals surface area contributed by atoms with Gasteiger partial charge in [0, 0.05) is 37.8 Å². The summed E-state index contributed by atoms with van der Waals surface area (Å²) in [4.78, 5) is 18.1. The van der Waals surface area contributed by atoms with E-state index in [0.717, 1.165) is 30.4 Å². The van der Waals surface area contributed by atoms with E-state index in [0.29, 0.717) is 19.5 Å². The summed E-state index contributed by atoms with van der Waals surface area (Å²) in [5.74, 6) is -0.0899. The number of aryl methyl sites for hydroxylation is 1. The van der Waals surface area contributed by atoms with Crippen LogP contribution in [0.25, 0.3) is 0 Å². The Labute approximate surface area is 147 Å². The number of halogens is 1. The van der Waals surface area contributed by atoms with Gasteiger partial charge in [0.15, 0.2) is 0 Å². The lowest BCUT2D eigenvalue weighted by molar-refractivity contribution is -0.130. The van der Waals surface area contributed by atoms with Crippen LogP contribution in [-0.4, -0.2) is 40.1 Å². The number of rotatable bonds is 6. The van der Waals surface area contributed by atoms with Crippen LogP contribution in [0.3, 0.4) is 0 Å². The van der Waals surface area contributed by atoms with E-state index in [1.54, 1.807) is 29.4 Å². The Morgan fingerprint density at radius 1 is 1.12 bits per heavy atom. The van der Waals surface area contributed by atoms with Gasteiger partial charge in [-0.15, -0.1) is 0 Å². The number of carbonyl (C=O) groups excluding carboxylic acids is 1. The number of aromatic nitrogens is 1. The molecule has 1 aliphatic rings. The predicted molar refractivity (Wildman–Crippen MR) is 93.4 cm³/mol. The van der Waals surface area contributed by atoms with E-state index in [4.69, 9.17) is 0 Å². The maximum absolute atomic E-state index is 12.9. The minimum Gasteiger partial charge on any atom is -0.391 e. The van der Waals surface area contributed by atoms with Gasteiger partial charge in [-0.3, -0.25) is 9.78 Å². The molecule has 2 atom stereocenters. The summed E-state index contributed by atoms with van der Waals surface area (Å²) in [6.07, 6.45) is 5.70. The molecule has 0 aliphatic carbocycles. The van der Waals surface area contributed by atoms with Crippen LogP contribution in [-0.2, 0) is 17.6 Å². The monoisotopic (exact) mass is 342 g/mol. The van der Waals surface area contributed by atoms with Gasteiger partial charge in [0.05, 0.1) is 6.10 Å². The Kier molecular flexibility index (Phi) is 5.76. The highest BCUT2D eigenvalue weighted by Crippen LogP contribution is 2.22. The molecule has 25 heavy (non-hydrogen) atoms. The van der Waals surface area contributed by atoms with Crippen LogP contribution in [0.4, 0.5) is 4.39 Å². The number of pyridine rings is 1. The first kappa shape index (κ1) is 17.5. The van der Waals surface area contributed by atoms with Crippen LogP contribution in [0, 0.1) is 11.7 Å². The predicted octanol–water partition coefficient (Wildman–Crippen LogP) is 2.61. The molecular weight excluding hydrogens is 319 g/mol. The zero-order valence-electron chi connectivity index (χ0n) is 14.1. The van der Waals surface area contributed by atoms with E-state index in [1.165, 1.54) is 12.1 Å². The SMILES string of the molecule is O=C(CCCc1ccc(F)cc1)N1C[C@@H](Cc2ccncc2)[C@H](O)C1. The average molecular weight is 342 g/mol. The second-order valence-corrected chi connectivity index (χ2v) is 6.67. The Hall–Kier alpha value is -2.27. The topological polar surface area (TPSA) is 53.4 Å². The lowest BCUT2D eigenvalue weighted by atomic mass is 9.97. The maximum atomic E-state index is 12.9. The number of amides is 1. The van der Waals surface area contributed by atoms with Gasteiger partial charge >= 0.3 is 0 Å². The van der Waals surface area contributed by atoms with Gasteiger partial charge in [0.2, 0.25) is 5.91 Å². The number of hydrogen-bond acceptors (Lipinski definition) is 3. The number of nitrogens with zero attached hydrogens (tertiary/aromatic N) is 2. The lowest BCUT2D eigenvalue weighted by Gasteiger charge is -2.16. The van der Waals surface area contributed by atoms with Crippen LogP contribution >= 0.6 is 0 Å². The second kappa shape index (κ2) is 8.21. The second-order valence-electron chi connectivity index (χ2n) is 6.67. The molecule has 1 amide bonds. The summed E-state index contributed by atoms with van der Waals surface area (Å²) < 4.78 is 12.9. The smallest absolute Gasteiger partial charge is 0.222 e. The standard InChI is InChI=1S/C20H23FN2O2/c21-18-6-4-15(5-7-18)2-1-3-20(25)23-13-17(19(24)14-23)12-16-8-10-22-11-9-16/h4-11,17,19,24H,1-3,12-14H2/t17-,19-/m1/s1. The first-order valence-electron chi connectivity index (χ1n) is 8.71. The van der Waals surface area contributed by atoms with E-state index in [-0.39, 0.29) is 17.6 Å². The number of carbonyl (C=O) groups is 1. The van der Waals surface area contributed by atoms with Crippen molar-refractivity contribution < 1.29 is 14.3 Å². The van der Waals surface area contributed by atoms with Gasteiger partial charge in [-0.05, 0) is 54.7 Å². The van der Waals surface area contributed by atoms with Gasteiger partial charge in [-0.1, -0.05) is 12.1 Å². The number of likely N-dealkylation sites (tertiary alicyclic amines) is 1. The van der Waals surface area contributed by atoms with Crippen molar-refractivity contribution in [3.63, 3.8) is 0 Å². The van der Waals surface area contributed by atoms with Crippen molar-refractivity contribution in [3.05, 3.63) is 65.7 Å². The van der Waals surface area contributed by atoms with Crippen molar-refractivity contribution in [1.82, 2.24) is 9.88 Å². The molecule has 5 heteroatoms. The number of benzene rings is 1. The number of β-amino-alcohol motifs (C(OH)–C–C–N with tert-alkyl or cyclic N) is 1. The molecule has 1 aromatic carbocycles. The van der Waals surface area contributed by atoms with Crippen LogP contribution in [0.2, 0.25) is 0 Å². The maximum Gasteiger partial charge on any atom is 0.222 e. The van der Waals surface area contributed by atoms with Crippen molar-refractivity contribution in [2.24, 2.45) is 5.92 Å². The fraction of sp³-hybridized carbons (Fsp3) is 0.400. The van der Waals surface area contributed by atoms with Crippen molar-refractivity contribution in [3.8, 4) is 0 Å². The summed E-state index contributed by atoms with van der Waals surface area (Å²) in [5, 5.41) is 10.3. The Morgan fingerprint density at radius 3 is 2.56 bits per heavy atom. The van der Waals surface area contributed by atoms with E-state index >= 15 is 0 Å². The highest BCUT2D eigenvalue weighted by Gasteiger charge is 2.33. The number of hydrogen-bond donors (Lipinski definition) is 1. The summed E-state index contributed by atoms with van der Waals surface area (Å²) in [5.41, 5.74) is 2.16. The van der Waals surface area contributed by atoms with Crippen molar-refractivity contribution in [1.29, 1.82) is 0 Å². The Balaban J connectivity index is 1.45. The molecule has 1 fully saturated rings. The third-order valence-corrected chi connectivity index (χ3v) is 4.78. The minimum absolute atomic E-state index is 0.0726. The fourth-order valence-corrected chi connectivity index (χ4v) is 3.33. The molecule has 4 nitrogen and oxygen atoms in total. The zero-order valence-corrected chi connectivity index (χ0v) is 14.1. The lowest BCUT2D eigenvalue weighted by Crippen LogP contribution is -2.29. The van der Waals surface area contributed by atoms with Crippen LogP contribution < -0.4 is 0 Å². The molecule has 1 aromatic heterocycles. The van der Waals surface area contributed by atoms with Crippen LogP contribution in [0.5, 0.6) is 0 Å². The van der Waals surface area contributed by atoms with E-state index in [1.807, 2.05) is 12.1 Å². The highest BCUT2D eigenvalue weighted by molar-refractivity contribution is 5.76. The van der Waals surface area contributed by atoms with Crippen molar-refractivity contribution in [2.45, 2.75) is 31.8 Å². The molecule has 0 saturated carbocycles. The normalized spacial score (nSPS) is 20.0. The molecule has 0 spiro atoms. The summed E-state index contributed by atoms with van der Waals surface area (Å²) >= 11 is 0. The zero-order chi connectivity index (χ0) is 17.6. The van der Waals surface area contributed by atoms with Crippen molar-refractivity contribution >= 4 is 5.91 Å². The number of aliphatic hydroxyl groups is 1. The molecule has 1 N–H and O–H groups in total. The first-order valence-corrected chi connectivity index (χ1v) is 8.71. The molecule has 2 heterocycles. The molecule has 3 rings (SSSR count). The average Bonchev–Trinajstić information content (AvgIpc) is 2.98. The van der Waals surface area contributed by atoms with Gasteiger partial charge in [-0.25, -0.2) is 4.39 Å². The molecule has 1 aliphatic heterocycles. The van der Waals surface area contributed by atoms with Crippen molar-refractivity contribution in [2.75, 3.05) is 13.1 Å². The van der Waals surface area contributed by atoms with Crippen LogP contribution in [0.1, 0.15) is 24.0 Å². The van der Waals surface area contributed by atoms with E-state index in [2.05, 4.69) is 4.98 Å². The highest BCUT2D eigenvalue weighted by atomic mass is 19.1. The molecule has 132 valence electrons. The summed E-state index contributed by atoms with van der Waals surface area (Å²) in [6, 6.07) is 10.3. The van der Waals surface area contributed by atoms with Gasteiger partial charge in [-0.2, -0.15) is 0 Å². The third-order valence-electron chi connectivity index (χ3n) is 4.78. The van der Waals surface area contributed by atoms with Gasteiger partial charge in [0.1, 0.15) is 5.82 Å². The third kappa shape index (κ3) is 4.86. The first-order chi connectivity index (χ1) is 12.1. The molecule has 2 aromatic rings. The molecule has 0 radical (unpaired) electrons. The molecular formula is C20H23FN2O2. The van der Waals surface area contributed by atoms with E-state index in [9.17, 15) is 14.3 Å². The summed E-state index contributed by atoms with van der Waals surface area (Å²) in [6.45, 7) is 1.00. The number of aliphatic hydroxyl groups excluding tert-OH is 1. The minimum atomic E-state index is -0.478. The van der Waals surface area contributed by atoms with E-state index < -0.39 is 6.10 Å². The largest absolute Gasteiger partial charge is 0.391 e. The van der Waals surface area contributed by atoms with Gasteiger partial charge < -0.3 is 10.0 Å². The van der Waals surface area contributed by atoms with Gasteiger partial charge in [0.25, 0.3) is 0 Å². The Bertz CT molecular complexity index is 691. The van der Waals surface area contributed by atoms with Crippen LogP contribution in [0.15, 0.2) is 48.8 Å². The molecule has 1 saturated heterocycles. The quantitative estimate of drug-likeness (QED) is 0.878. The fourth-order valence-electron chi connectivity index (χ4n) is 3.33. The Morgan fingerprint density at radius 2 is 1.84 bits per heavy atom.